The SMILES string of the molecule is Cc1ccccc1CCC(Br)Cc1ccccc1C. The highest BCUT2D eigenvalue weighted by molar-refractivity contribution is 9.09. The molecule has 1 heteroatoms. The average Bonchev–Trinajstić information content (AvgIpc) is 2.40. The van der Waals surface area contributed by atoms with Crippen molar-refractivity contribution in [1.29, 1.82) is 0 Å². The number of rotatable bonds is 5. The van der Waals surface area contributed by atoms with Gasteiger partial charge in [-0.25, -0.2) is 0 Å². The molecule has 0 aliphatic heterocycles. The maximum Gasteiger partial charge on any atom is 0.0189 e. The van der Waals surface area contributed by atoms with Crippen LogP contribution in [0.25, 0.3) is 0 Å². The summed E-state index contributed by atoms with van der Waals surface area (Å²) in [6.07, 6.45) is 3.44. The first-order chi connectivity index (χ1) is 9.16. The van der Waals surface area contributed by atoms with Crippen LogP contribution in [0.1, 0.15) is 28.7 Å². The maximum atomic E-state index is 3.83. The van der Waals surface area contributed by atoms with Gasteiger partial charge in [0.1, 0.15) is 0 Å². The zero-order valence-electron chi connectivity index (χ0n) is 11.7. The van der Waals surface area contributed by atoms with Gasteiger partial charge < -0.3 is 0 Å². The van der Waals surface area contributed by atoms with Crippen molar-refractivity contribution in [2.75, 3.05) is 0 Å². The van der Waals surface area contributed by atoms with E-state index in [2.05, 4.69) is 78.3 Å². The second-order valence-corrected chi connectivity index (χ2v) is 6.49. The van der Waals surface area contributed by atoms with Gasteiger partial charge in [-0.3, -0.25) is 0 Å². The van der Waals surface area contributed by atoms with E-state index < -0.39 is 0 Å². The van der Waals surface area contributed by atoms with Crippen molar-refractivity contribution < 1.29 is 0 Å². The van der Waals surface area contributed by atoms with Crippen molar-refractivity contribution in [1.82, 2.24) is 0 Å². The number of hydrogen-bond acceptors (Lipinski definition) is 0. The van der Waals surface area contributed by atoms with E-state index in [9.17, 15) is 0 Å². The first-order valence-electron chi connectivity index (χ1n) is 6.90. The highest BCUT2D eigenvalue weighted by Crippen LogP contribution is 2.19. The molecule has 1 atom stereocenters. The zero-order chi connectivity index (χ0) is 13.7. The normalized spacial score (nSPS) is 12.4. The molecule has 0 heterocycles. The van der Waals surface area contributed by atoms with E-state index in [1.165, 1.54) is 28.7 Å². The number of benzene rings is 2. The number of aryl methyl sites for hydroxylation is 3. The Hall–Kier alpha value is -1.08. The van der Waals surface area contributed by atoms with Crippen molar-refractivity contribution in [3.05, 3.63) is 70.8 Å². The van der Waals surface area contributed by atoms with E-state index in [1.807, 2.05) is 0 Å². The number of alkyl halides is 1. The van der Waals surface area contributed by atoms with Crippen LogP contribution < -0.4 is 0 Å². The van der Waals surface area contributed by atoms with E-state index >= 15 is 0 Å². The number of hydrogen-bond donors (Lipinski definition) is 0. The molecule has 2 aromatic rings. The first kappa shape index (κ1) is 14.3. The minimum Gasteiger partial charge on any atom is -0.0887 e. The van der Waals surface area contributed by atoms with Crippen LogP contribution in [0.15, 0.2) is 48.5 Å². The summed E-state index contributed by atoms with van der Waals surface area (Å²) in [5.41, 5.74) is 5.71. The molecule has 19 heavy (non-hydrogen) atoms. The Kier molecular flexibility index (Phi) is 5.21. The summed E-state index contributed by atoms with van der Waals surface area (Å²) in [6.45, 7) is 4.39. The fraction of sp³-hybridized carbons (Fsp3) is 0.333. The quantitative estimate of drug-likeness (QED) is 0.661. The molecular formula is C18H21Br. The molecule has 0 amide bonds. The predicted molar refractivity (Wildman–Crippen MR) is 87.1 cm³/mol. The molecule has 2 rings (SSSR count). The molecule has 0 fully saturated rings. The Morgan fingerprint density at radius 3 is 1.95 bits per heavy atom. The molecule has 100 valence electrons. The minimum atomic E-state index is 0.549. The maximum absolute atomic E-state index is 3.83. The van der Waals surface area contributed by atoms with Gasteiger partial charge >= 0.3 is 0 Å². The second kappa shape index (κ2) is 6.91. The Balaban J connectivity index is 1.90. The van der Waals surface area contributed by atoms with Crippen molar-refractivity contribution in [3.8, 4) is 0 Å². The van der Waals surface area contributed by atoms with Gasteiger partial charge in [0.15, 0.2) is 0 Å². The molecule has 0 aromatic heterocycles. The van der Waals surface area contributed by atoms with Gasteiger partial charge in [0.2, 0.25) is 0 Å². The van der Waals surface area contributed by atoms with Crippen molar-refractivity contribution in [2.24, 2.45) is 0 Å². The van der Waals surface area contributed by atoms with Gasteiger partial charge in [0.25, 0.3) is 0 Å². The van der Waals surface area contributed by atoms with E-state index in [0.717, 1.165) is 12.8 Å². The minimum absolute atomic E-state index is 0.549. The molecular weight excluding hydrogens is 296 g/mol. The third kappa shape index (κ3) is 4.21. The third-order valence-corrected chi connectivity index (χ3v) is 4.47. The third-order valence-electron chi connectivity index (χ3n) is 3.69. The fourth-order valence-electron chi connectivity index (χ4n) is 2.38. The summed E-state index contributed by atoms with van der Waals surface area (Å²) in [5.74, 6) is 0. The van der Waals surface area contributed by atoms with Crippen LogP contribution in [0.2, 0.25) is 0 Å². The van der Waals surface area contributed by atoms with Crippen LogP contribution >= 0.6 is 15.9 Å². The van der Waals surface area contributed by atoms with Crippen molar-refractivity contribution >= 4 is 15.9 Å². The summed E-state index contributed by atoms with van der Waals surface area (Å²) in [6, 6.07) is 17.3. The molecule has 0 bridgehead atoms. The summed E-state index contributed by atoms with van der Waals surface area (Å²) in [7, 11) is 0. The topological polar surface area (TPSA) is 0 Å². The van der Waals surface area contributed by atoms with Crippen LogP contribution in [0.4, 0.5) is 0 Å². The Morgan fingerprint density at radius 2 is 1.37 bits per heavy atom. The van der Waals surface area contributed by atoms with Gasteiger partial charge in [0, 0.05) is 4.83 Å². The molecule has 0 nitrogen and oxygen atoms in total. The molecule has 0 radical (unpaired) electrons. The lowest BCUT2D eigenvalue weighted by Gasteiger charge is -2.12. The van der Waals surface area contributed by atoms with Crippen LogP contribution in [-0.4, -0.2) is 4.83 Å². The van der Waals surface area contributed by atoms with Gasteiger partial charge in [-0.1, -0.05) is 64.5 Å². The highest BCUT2D eigenvalue weighted by atomic mass is 79.9. The van der Waals surface area contributed by atoms with Gasteiger partial charge in [-0.05, 0) is 55.4 Å². The molecule has 0 aliphatic rings. The average molecular weight is 317 g/mol. The van der Waals surface area contributed by atoms with Crippen LogP contribution in [0.3, 0.4) is 0 Å². The van der Waals surface area contributed by atoms with Crippen LogP contribution in [0.5, 0.6) is 0 Å². The van der Waals surface area contributed by atoms with Crippen molar-refractivity contribution in [2.45, 2.75) is 37.9 Å². The molecule has 0 spiro atoms. The summed E-state index contributed by atoms with van der Waals surface area (Å²) in [4.78, 5) is 0.549. The molecule has 1 unspecified atom stereocenters. The smallest absolute Gasteiger partial charge is 0.0189 e. The lowest BCUT2D eigenvalue weighted by Crippen LogP contribution is -2.06. The second-order valence-electron chi connectivity index (χ2n) is 5.19. The van der Waals surface area contributed by atoms with E-state index in [-0.39, 0.29) is 0 Å². The summed E-state index contributed by atoms with van der Waals surface area (Å²) in [5, 5.41) is 0. The van der Waals surface area contributed by atoms with E-state index in [4.69, 9.17) is 0 Å². The molecule has 0 saturated heterocycles. The summed E-state index contributed by atoms with van der Waals surface area (Å²) >= 11 is 3.83. The number of halogens is 1. The van der Waals surface area contributed by atoms with E-state index in [1.54, 1.807) is 0 Å². The van der Waals surface area contributed by atoms with Crippen LogP contribution in [-0.2, 0) is 12.8 Å². The van der Waals surface area contributed by atoms with Gasteiger partial charge in [-0.15, -0.1) is 0 Å². The van der Waals surface area contributed by atoms with Crippen LogP contribution in [0, 0.1) is 13.8 Å². The van der Waals surface area contributed by atoms with Gasteiger partial charge in [0.05, 0.1) is 0 Å². The fourth-order valence-corrected chi connectivity index (χ4v) is 2.96. The Bertz CT molecular complexity index is 531. The standard InChI is InChI=1S/C18H21Br/c1-14-7-3-5-9-16(14)11-12-18(19)13-17-10-6-4-8-15(17)2/h3-10,18H,11-13H2,1-2H3. The highest BCUT2D eigenvalue weighted by Gasteiger charge is 2.08. The molecule has 0 saturated carbocycles. The monoisotopic (exact) mass is 316 g/mol. The molecule has 0 N–H and O–H groups in total. The lowest BCUT2D eigenvalue weighted by atomic mass is 9.99. The molecule has 0 aliphatic carbocycles. The Labute approximate surface area is 125 Å². The van der Waals surface area contributed by atoms with E-state index in [0.29, 0.717) is 4.83 Å². The zero-order valence-corrected chi connectivity index (χ0v) is 13.3. The van der Waals surface area contributed by atoms with Crippen molar-refractivity contribution in [3.63, 3.8) is 0 Å². The van der Waals surface area contributed by atoms with Gasteiger partial charge in [-0.2, -0.15) is 0 Å². The lowest BCUT2D eigenvalue weighted by molar-refractivity contribution is 0.758. The summed E-state index contributed by atoms with van der Waals surface area (Å²) < 4.78 is 0. The Morgan fingerprint density at radius 1 is 0.842 bits per heavy atom. The predicted octanol–water partition coefficient (Wildman–Crippen LogP) is 5.24. The largest absolute Gasteiger partial charge is 0.0887 e. The first-order valence-corrected chi connectivity index (χ1v) is 7.81. The molecule has 2 aromatic carbocycles.